The number of rotatable bonds is 4. The minimum Gasteiger partial charge on any atom is -0.483 e. The summed E-state index contributed by atoms with van der Waals surface area (Å²) in [5.41, 5.74) is 1.63. The van der Waals surface area contributed by atoms with Gasteiger partial charge in [-0.2, -0.15) is 4.98 Å². The van der Waals surface area contributed by atoms with E-state index in [0.717, 1.165) is 42.4 Å². The number of aliphatic hydroxyl groups excluding tert-OH is 1. The number of anilines is 1. The van der Waals surface area contributed by atoms with E-state index < -0.39 is 11.6 Å². The van der Waals surface area contributed by atoms with Gasteiger partial charge in [-0.25, -0.2) is 9.97 Å². The molecule has 2 fully saturated rings. The summed E-state index contributed by atoms with van der Waals surface area (Å²) in [6.07, 6.45) is 8.46. The average molecular weight is 481 g/mol. The first-order valence-corrected chi connectivity index (χ1v) is 12.0. The van der Waals surface area contributed by atoms with Gasteiger partial charge in [0, 0.05) is 26.1 Å². The van der Waals surface area contributed by atoms with Crippen molar-refractivity contribution in [2.75, 3.05) is 18.0 Å². The zero-order chi connectivity index (χ0) is 24.8. The minimum atomic E-state index is -0.817. The minimum absolute atomic E-state index is 0.0325. The zero-order valence-corrected chi connectivity index (χ0v) is 19.9. The van der Waals surface area contributed by atoms with Gasteiger partial charge in [-0.15, -0.1) is 0 Å². The number of nitrogens with one attached hydrogen (secondary N) is 1. The van der Waals surface area contributed by atoms with Gasteiger partial charge in [0.25, 0.3) is 6.47 Å². The van der Waals surface area contributed by atoms with Crippen LogP contribution in [0.4, 0.5) is 5.95 Å². The van der Waals surface area contributed by atoms with Crippen LogP contribution in [0, 0.1) is 5.92 Å². The molecule has 3 aromatic rings. The van der Waals surface area contributed by atoms with Crippen molar-refractivity contribution in [3.63, 3.8) is 0 Å². The Morgan fingerprint density at radius 3 is 2.57 bits per heavy atom. The first-order chi connectivity index (χ1) is 17.0. The molecular formula is C25H32N6O4. The highest BCUT2D eigenvalue weighted by atomic mass is 16.3. The van der Waals surface area contributed by atoms with Gasteiger partial charge in [-0.3, -0.25) is 9.59 Å². The van der Waals surface area contributed by atoms with Crippen LogP contribution in [0.15, 0.2) is 42.9 Å². The molecule has 186 valence electrons. The van der Waals surface area contributed by atoms with E-state index in [4.69, 9.17) is 9.90 Å². The van der Waals surface area contributed by atoms with Crippen LogP contribution in [0.25, 0.3) is 11.2 Å². The van der Waals surface area contributed by atoms with E-state index in [-0.39, 0.29) is 18.3 Å². The zero-order valence-electron chi connectivity index (χ0n) is 19.9. The van der Waals surface area contributed by atoms with Crippen LogP contribution in [0.1, 0.15) is 44.1 Å². The number of hydrogen-bond donors (Lipinski definition) is 3. The van der Waals surface area contributed by atoms with E-state index >= 15 is 0 Å². The normalized spacial score (nSPS) is 22.8. The molecule has 2 aromatic heterocycles. The molecule has 10 heteroatoms. The molecule has 10 nitrogen and oxygen atoms in total. The Kier molecular flexibility index (Phi) is 7.60. The van der Waals surface area contributed by atoms with Crippen LogP contribution in [0.3, 0.4) is 0 Å². The number of aliphatic hydroxyl groups is 1. The summed E-state index contributed by atoms with van der Waals surface area (Å²) >= 11 is 0. The summed E-state index contributed by atoms with van der Waals surface area (Å²) in [5, 5.41) is 21.6. The third-order valence-electron chi connectivity index (χ3n) is 7.07. The lowest BCUT2D eigenvalue weighted by Crippen LogP contribution is -2.63. The molecule has 0 radical (unpaired) electrons. The first-order valence-electron chi connectivity index (χ1n) is 12.0. The average Bonchev–Trinajstić information content (AvgIpc) is 3.26. The molecule has 3 N–H and O–H groups in total. The van der Waals surface area contributed by atoms with E-state index in [1.807, 2.05) is 46.8 Å². The second kappa shape index (κ2) is 10.8. The van der Waals surface area contributed by atoms with Gasteiger partial charge in [0.05, 0.1) is 24.2 Å². The largest absolute Gasteiger partial charge is 0.483 e. The third-order valence-corrected chi connectivity index (χ3v) is 7.07. The van der Waals surface area contributed by atoms with Crippen LogP contribution in [0.5, 0.6) is 0 Å². The number of hydrogen-bond acceptors (Lipinski definition) is 7. The number of aryl methyl sites for hydroxylation is 1. The van der Waals surface area contributed by atoms with Crippen LogP contribution in [-0.4, -0.2) is 61.3 Å². The third kappa shape index (κ3) is 5.12. The van der Waals surface area contributed by atoms with Crippen molar-refractivity contribution in [2.24, 2.45) is 13.0 Å². The molecule has 35 heavy (non-hydrogen) atoms. The number of benzene rings is 1. The van der Waals surface area contributed by atoms with Crippen molar-refractivity contribution < 1.29 is 19.8 Å². The Morgan fingerprint density at radius 1 is 1.17 bits per heavy atom. The Hall–Kier alpha value is -3.53. The molecule has 1 aromatic carbocycles. The number of piperidine rings is 1. The van der Waals surface area contributed by atoms with Crippen LogP contribution in [-0.2, 0) is 22.2 Å². The molecule has 1 saturated carbocycles. The highest BCUT2D eigenvalue weighted by Gasteiger charge is 2.46. The molecule has 1 aliphatic heterocycles. The van der Waals surface area contributed by atoms with Gasteiger partial charge < -0.3 is 25.0 Å². The lowest BCUT2D eigenvalue weighted by atomic mass is 9.77. The van der Waals surface area contributed by atoms with Gasteiger partial charge in [-0.05, 0) is 24.8 Å². The number of imidazole rings is 1. The van der Waals surface area contributed by atoms with Gasteiger partial charge >= 0.3 is 0 Å². The molecule has 1 amide bonds. The maximum Gasteiger partial charge on any atom is 0.290 e. The summed E-state index contributed by atoms with van der Waals surface area (Å²) in [6, 6.07) is 9.87. The molecule has 1 aliphatic carbocycles. The second-order valence-corrected chi connectivity index (χ2v) is 9.21. The van der Waals surface area contributed by atoms with Crippen molar-refractivity contribution in [3.05, 3.63) is 48.4 Å². The van der Waals surface area contributed by atoms with Gasteiger partial charge in [0.1, 0.15) is 5.52 Å². The fourth-order valence-corrected chi connectivity index (χ4v) is 5.16. The van der Waals surface area contributed by atoms with E-state index in [9.17, 15) is 9.90 Å². The van der Waals surface area contributed by atoms with Crippen molar-refractivity contribution in [1.82, 2.24) is 24.8 Å². The summed E-state index contributed by atoms with van der Waals surface area (Å²) in [7, 11) is 1.90. The summed E-state index contributed by atoms with van der Waals surface area (Å²) in [6.45, 7) is 0.712. The quantitative estimate of drug-likeness (QED) is 0.484. The Labute approximate surface area is 204 Å². The predicted octanol–water partition coefficient (Wildman–Crippen LogP) is 2.23. The lowest BCUT2D eigenvalue weighted by molar-refractivity contribution is -0.130. The summed E-state index contributed by atoms with van der Waals surface area (Å²) < 4.78 is 1.86. The predicted molar refractivity (Wildman–Crippen MR) is 131 cm³/mol. The van der Waals surface area contributed by atoms with Crippen LogP contribution < -0.4 is 10.2 Å². The molecule has 2 atom stereocenters. The number of fused-ring (bicyclic) bond motifs is 1. The molecule has 5 rings (SSSR count). The summed E-state index contributed by atoms with van der Waals surface area (Å²) in [5.74, 6) is 0.666. The monoisotopic (exact) mass is 480 g/mol. The molecule has 0 spiro atoms. The maximum absolute atomic E-state index is 13.2. The number of aromatic nitrogens is 4. The molecule has 3 heterocycles. The molecule has 1 saturated heterocycles. The topological polar surface area (TPSA) is 133 Å². The number of carboxylic acid groups (broad SMARTS) is 1. The Bertz CT molecular complexity index is 1150. The van der Waals surface area contributed by atoms with Crippen molar-refractivity contribution in [3.8, 4) is 0 Å². The molecule has 0 bridgehead atoms. The maximum atomic E-state index is 13.2. The fourth-order valence-electron chi connectivity index (χ4n) is 5.16. The number of amides is 1. The first kappa shape index (κ1) is 24.6. The Morgan fingerprint density at radius 2 is 1.89 bits per heavy atom. The van der Waals surface area contributed by atoms with Gasteiger partial charge in [0.2, 0.25) is 11.9 Å². The Balaban J connectivity index is 0.000000917. The number of carbonyl (C=O) groups excluding carboxylic acids is 1. The number of carbonyl (C=O) groups is 2. The van der Waals surface area contributed by atoms with Crippen molar-refractivity contribution in [2.45, 2.75) is 50.2 Å². The second-order valence-electron chi connectivity index (χ2n) is 9.21. The van der Waals surface area contributed by atoms with E-state index in [0.29, 0.717) is 25.5 Å². The SMILES string of the molecule is Cn1cnc2cnc(N3CC[C@](NC(=O)C4CCCCC4)(c4ccccc4)[C@H](O)C3)nc21.O=CO. The number of β-amino-alcohol motifs (C(OH)–C–C–N with tert-alkyl or cyclic N) is 1. The smallest absolute Gasteiger partial charge is 0.290 e. The van der Waals surface area contributed by atoms with E-state index in [2.05, 4.69) is 20.3 Å². The molecule has 0 unspecified atom stereocenters. The van der Waals surface area contributed by atoms with Crippen molar-refractivity contribution in [1.29, 1.82) is 0 Å². The highest BCUT2D eigenvalue weighted by Crippen LogP contribution is 2.36. The van der Waals surface area contributed by atoms with E-state index in [1.165, 1.54) is 6.42 Å². The van der Waals surface area contributed by atoms with Gasteiger partial charge in [-0.1, -0.05) is 49.6 Å². The van der Waals surface area contributed by atoms with Gasteiger partial charge in [0.15, 0.2) is 5.65 Å². The fraction of sp³-hybridized carbons (Fsp3) is 0.480. The standard InChI is InChI=1S/C24H30N6O2.CH2O2/c1-29-16-26-19-14-25-23(27-21(19)29)30-13-12-24(20(31)15-30,18-10-6-3-7-11-18)28-22(32)17-8-4-2-5-9-17;2-1-3/h3,6-7,10-11,14,16-17,20,31H,2,4-5,8-9,12-13,15H2,1H3,(H,28,32);1H,(H,2,3)/t20-,24+;/m1./s1. The van der Waals surface area contributed by atoms with Crippen molar-refractivity contribution >= 4 is 29.5 Å². The lowest BCUT2D eigenvalue weighted by Gasteiger charge is -2.47. The number of nitrogens with zero attached hydrogens (tertiary/aromatic N) is 5. The van der Waals surface area contributed by atoms with E-state index in [1.54, 1.807) is 12.5 Å². The van der Waals surface area contributed by atoms with Crippen LogP contribution >= 0.6 is 0 Å². The molecular weight excluding hydrogens is 448 g/mol. The molecule has 2 aliphatic rings. The highest BCUT2D eigenvalue weighted by molar-refractivity contribution is 5.80. The van der Waals surface area contributed by atoms with Crippen LogP contribution in [0.2, 0.25) is 0 Å². The summed E-state index contributed by atoms with van der Waals surface area (Å²) in [4.78, 5) is 37.0.